The first-order valence-electron chi connectivity index (χ1n) is 15.1. The molecule has 0 bridgehead atoms. The zero-order valence-corrected chi connectivity index (χ0v) is 26.5. The van der Waals surface area contributed by atoms with Crippen LogP contribution in [0.4, 0.5) is 10.1 Å². The number of rotatable bonds is 13. The second-order valence-electron chi connectivity index (χ2n) is 11.2. The average molecular weight is 652 g/mol. The highest BCUT2D eigenvalue weighted by Gasteiger charge is 2.30. The molecule has 0 saturated carbocycles. The van der Waals surface area contributed by atoms with Gasteiger partial charge < -0.3 is 35.7 Å². The average Bonchev–Trinajstić information content (AvgIpc) is 3.44. The van der Waals surface area contributed by atoms with Crippen molar-refractivity contribution < 1.29 is 38.2 Å². The maximum absolute atomic E-state index is 15.6. The number of aromatic nitrogens is 2. The Balaban J connectivity index is 1.69. The molecule has 2 heterocycles. The Morgan fingerprint density at radius 1 is 1.15 bits per heavy atom. The Morgan fingerprint density at radius 2 is 1.87 bits per heavy atom. The van der Waals surface area contributed by atoms with Crippen molar-refractivity contribution in [2.24, 2.45) is 0 Å². The maximum atomic E-state index is 15.6. The number of carbonyl (C=O) groups excluding carboxylic acids is 4. The molecule has 3 aromatic rings. The molecule has 0 aliphatic carbocycles. The zero-order chi connectivity index (χ0) is 34.2. The van der Waals surface area contributed by atoms with Crippen molar-refractivity contribution in [3.63, 3.8) is 0 Å². The molecule has 0 radical (unpaired) electrons. The number of anilines is 1. The second kappa shape index (κ2) is 15.3. The SMILES string of the molecule is CNc1cc(-c2cccc3c2c(C2CCN(C(=O)CCC(=O)O)CC2)nn3CC(=O)N(C)CC(=O)NCC(=O)OC)c(F)cc1C=N. The van der Waals surface area contributed by atoms with Gasteiger partial charge in [-0.05, 0) is 36.6 Å². The molecule has 1 aliphatic rings. The zero-order valence-electron chi connectivity index (χ0n) is 26.5. The summed E-state index contributed by atoms with van der Waals surface area (Å²) in [4.78, 5) is 63.3. The lowest BCUT2D eigenvalue weighted by atomic mass is 9.88. The Kier molecular flexibility index (Phi) is 11.2. The summed E-state index contributed by atoms with van der Waals surface area (Å²) in [6.07, 6.45) is 1.77. The molecule has 1 aromatic heterocycles. The van der Waals surface area contributed by atoms with Gasteiger partial charge in [0.2, 0.25) is 17.7 Å². The van der Waals surface area contributed by atoms with Crippen LogP contribution in [0.3, 0.4) is 0 Å². The van der Waals surface area contributed by atoms with Gasteiger partial charge in [0.05, 0.1) is 31.3 Å². The van der Waals surface area contributed by atoms with E-state index in [9.17, 15) is 24.0 Å². The number of esters is 1. The minimum Gasteiger partial charge on any atom is -0.481 e. The van der Waals surface area contributed by atoms with Crippen molar-refractivity contribution in [2.45, 2.75) is 38.1 Å². The lowest BCUT2D eigenvalue weighted by molar-refractivity contribution is -0.141. The fourth-order valence-electron chi connectivity index (χ4n) is 5.65. The Labute approximate surface area is 270 Å². The van der Waals surface area contributed by atoms with Crippen LogP contribution in [0.5, 0.6) is 0 Å². The Bertz CT molecular complexity index is 1700. The number of carboxylic acids is 1. The standard InChI is InChI=1S/C32H38FN7O7/c1-35-24-14-22(23(33)13-20(24)15-34)21-5-4-6-25-31(21)32(19-9-11-39(12-10-19)27(42)7-8-29(44)45)37-40(25)18-28(43)38(2)17-26(41)36-16-30(46)47-3/h4-6,13-15,19,34-35H,7-12,16-18H2,1-3H3,(H,36,41)(H,44,45). The first-order valence-corrected chi connectivity index (χ1v) is 15.1. The largest absolute Gasteiger partial charge is 0.481 e. The third-order valence-electron chi connectivity index (χ3n) is 8.20. The number of likely N-dealkylation sites (tertiary alicyclic amines) is 1. The van der Waals surface area contributed by atoms with Gasteiger partial charge in [0.15, 0.2) is 0 Å². The maximum Gasteiger partial charge on any atom is 0.325 e. The van der Waals surface area contributed by atoms with Gasteiger partial charge in [-0.2, -0.15) is 5.10 Å². The number of benzene rings is 2. The van der Waals surface area contributed by atoms with Gasteiger partial charge in [0, 0.05) is 67.9 Å². The first-order chi connectivity index (χ1) is 22.5. The summed E-state index contributed by atoms with van der Waals surface area (Å²) in [7, 11) is 4.33. The lowest BCUT2D eigenvalue weighted by Gasteiger charge is -2.31. The minimum atomic E-state index is -1.04. The van der Waals surface area contributed by atoms with Crippen molar-refractivity contribution in [1.29, 1.82) is 5.41 Å². The Hall–Kier alpha value is -5.34. The summed E-state index contributed by atoms with van der Waals surface area (Å²) in [6.45, 7) is -0.102. The monoisotopic (exact) mass is 651 g/mol. The molecule has 1 aliphatic heterocycles. The normalized spacial score (nSPS) is 13.2. The quantitative estimate of drug-likeness (QED) is 0.159. The first kappa shape index (κ1) is 34.5. The van der Waals surface area contributed by atoms with E-state index in [1.54, 1.807) is 36.2 Å². The van der Waals surface area contributed by atoms with E-state index in [-0.39, 0.29) is 49.9 Å². The second-order valence-corrected chi connectivity index (χ2v) is 11.2. The van der Waals surface area contributed by atoms with E-state index >= 15 is 4.39 Å². The molecule has 0 unspecified atom stereocenters. The molecule has 0 spiro atoms. The van der Waals surface area contributed by atoms with E-state index in [2.05, 4.69) is 15.4 Å². The summed E-state index contributed by atoms with van der Waals surface area (Å²) in [5, 5.41) is 27.5. The fourth-order valence-corrected chi connectivity index (χ4v) is 5.65. The topological polar surface area (TPSA) is 187 Å². The molecule has 1 fully saturated rings. The van der Waals surface area contributed by atoms with Crippen molar-refractivity contribution in [3.05, 3.63) is 47.4 Å². The van der Waals surface area contributed by atoms with E-state index < -0.39 is 29.6 Å². The molecular weight excluding hydrogens is 613 g/mol. The summed E-state index contributed by atoms with van der Waals surface area (Å²) in [5.74, 6) is -3.58. The van der Waals surface area contributed by atoms with Gasteiger partial charge in [0.1, 0.15) is 18.9 Å². The highest BCUT2D eigenvalue weighted by molar-refractivity contribution is 6.00. The summed E-state index contributed by atoms with van der Waals surface area (Å²) in [6, 6.07) is 8.19. The highest BCUT2D eigenvalue weighted by atomic mass is 19.1. The highest BCUT2D eigenvalue weighted by Crippen LogP contribution is 2.40. The summed E-state index contributed by atoms with van der Waals surface area (Å²) >= 11 is 0. The number of piperidine rings is 1. The molecule has 47 heavy (non-hydrogen) atoms. The van der Waals surface area contributed by atoms with Crippen LogP contribution in [0.15, 0.2) is 30.3 Å². The number of aliphatic carboxylic acids is 1. The minimum absolute atomic E-state index is 0.0864. The van der Waals surface area contributed by atoms with Gasteiger partial charge in [-0.25, -0.2) is 4.39 Å². The number of carbonyl (C=O) groups is 5. The summed E-state index contributed by atoms with van der Waals surface area (Å²) in [5.41, 5.74) is 2.94. The van der Waals surface area contributed by atoms with Gasteiger partial charge >= 0.3 is 11.9 Å². The van der Waals surface area contributed by atoms with Crippen LogP contribution >= 0.6 is 0 Å². The van der Waals surface area contributed by atoms with Crippen molar-refractivity contribution in [2.75, 3.05) is 52.7 Å². The van der Waals surface area contributed by atoms with E-state index in [4.69, 9.17) is 15.6 Å². The smallest absolute Gasteiger partial charge is 0.325 e. The number of nitrogens with zero attached hydrogens (tertiary/aromatic N) is 4. The van der Waals surface area contributed by atoms with E-state index in [0.29, 0.717) is 59.3 Å². The van der Waals surface area contributed by atoms with Crippen LogP contribution in [-0.4, -0.2) is 108 Å². The van der Waals surface area contributed by atoms with E-state index in [1.807, 2.05) is 0 Å². The third kappa shape index (κ3) is 8.09. The molecule has 15 heteroatoms. The predicted octanol–water partition coefficient (Wildman–Crippen LogP) is 2.20. The van der Waals surface area contributed by atoms with Crippen LogP contribution in [-0.2, 0) is 35.3 Å². The van der Waals surface area contributed by atoms with Crippen molar-refractivity contribution in [3.8, 4) is 11.1 Å². The molecule has 1 saturated heterocycles. The number of nitrogens with one attached hydrogen (secondary N) is 3. The number of methoxy groups -OCH3 is 1. The van der Waals surface area contributed by atoms with Crippen molar-refractivity contribution in [1.82, 2.24) is 24.9 Å². The number of hydrogen-bond donors (Lipinski definition) is 4. The van der Waals surface area contributed by atoms with Crippen LogP contribution in [0.2, 0.25) is 0 Å². The molecule has 4 N–H and O–H groups in total. The number of hydrogen-bond acceptors (Lipinski definition) is 9. The van der Waals surface area contributed by atoms with E-state index in [1.165, 1.54) is 29.8 Å². The number of halogens is 1. The molecule has 0 atom stereocenters. The third-order valence-corrected chi connectivity index (χ3v) is 8.20. The lowest BCUT2D eigenvalue weighted by Crippen LogP contribution is -2.41. The van der Waals surface area contributed by atoms with Crippen molar-refractivity contribution >= 4 is 52.5 Å². The van der Waals surface area contributed by atoms with Crippen LogP contribution < -0.4 is 10.6 Å². The fraction of sp³-hybridized carbons (Fsp3) is 0.406. The number of carboxylic acid groups (broad SMARTS) is 1. The van der Waals surface area contributed by atoms with Gasteiger partial charge in [-0.3, -0.25) is 28.7 Å². The molecule has 250 valence electrons. The number of amides is 3. The number of fused-ring (bicyclic) bond motifs is 1. The molecule has 3 amide bonds. The number of likely N-dealkylation sites (N-methyl/N-ethyl adjacent to an activating group) is 1. The molecular formula is C32H38FN7O7. The van der Waals surface area contributed by atoms with Crippen LogP contribution in [0.1, 0.15) is 42.9 Å². The molecule has 2 aromatic carbocycles. The molecule has 14 nitrogen and oxygen atoms in total. The van der Waals surface area contributed by atoms with Gasteiger partial charge in [0.25, 0.3) is 0 Å². The Morgan fingerprint density at radius 3 is 2.51 bits per heavy atom. The number of ether oxygens (including phenoxy) is 1. The van der Waals surface area contributed by atoms with Gasteiger partial charge in [-0.1, -0.05) is 12.1 Å². The van der Waals surface area contributed by atoms with E-state index in [0.717, 1.165) is 6.21 Å². The van der Waals surface area contributed by atoms with Crippen LogP contribution in [0.25, 0.3) is 22.0 Å². The van der Waals surface area contributed by atoms with Gasteiger partial charge in [-0.15, -0.1) is 0 Å². The van der Waals surface area contributed by atoms with Crippen LogP contribution in [0, 0.1) is 11.2 Å². The predicted molar refractivity (Wildman–Crippen MR) is 171 cm³/mol. The summed E-state index contributed by atoms with van der Waals surface area (Å²) < 4.78 is 21.7. The molecule has 4 rings (SSSR count).